The molecule has 0 atom stereocenters. The zero-order valence-corrected chi connectivity index (χ0v) is 6.51. The Morgan fingerprint density at radius 1 is 1.60 bits per heavy atom. The van der Waals surface area contributed by atoms with Crippen LogP contribution in [-0.2, 0) is 4.79 Å². The third-order valence-corrected chi connectivity index (χ3v) is 1.21. The summed E-state index contributed by atoms with van der Waals surface area (Å²) in [6.45, 7) is 4.99. The first-order chi connectivity index (χ1) is 4.39. The highest BCUT2D eigenvalue weighted by Crippen LogP contribution is 2.11. The van der Waals surface area contributed by atoms with E-state index < -0.39 is 11.5 Å². The molecule has 0 aliphatic carbocycles. The maximum Gasteiger partial charge on any atom is 0.333 e. The lowest BCUT2D eigenvalue weighted by Gasteiger charge is -2.18. The van der Waals surface area contributed by atoms with Crippen molar-refractivity contribution in [1.29, 1.82) is 0 Å². The second-order valence-corrected chi connectivity index (χ2v) is 2.73. The first-order valence-corrected chi connectivity index (χ1v) is 3.08. The average molecular weight is 143 g/mol. The minimum atomic E-state index is -0.949. The van der Waals surface area contributed by atoms with E-state index in [1.807, 2.05) is 0 Å². The maximum absolute atomic E-state index is 10.4. The summed E-state index contributed by atoms with van der Waals surface area (Å²) >= 11 is 0. The minimum Gasteiger partial charge on any atom is -0.478 e. The highest BCUT2D eigenvalue weighted by Gasteiger charge is 2.22. The quantitative estimate of drug-likeness (QED) is 0.561. The third kappa shape index (κ3) is 2.19. The molecule has 3 heteroatoms. The fourth-order valence-corrected chi connectivity index (χ4v) is 0.771. The normalized spacial score (nSPS) is 13.4. The van der Waals surface area contributed by atoms with Gasteiger partial charge in [0.05, 0.1) is 5.57 Å². The average Bonchev–Trinajstić information content (AvgIpc) is 1.60. The Morgan fingerprint density at radius 3 is 2.00 bits per heavy atom. The van der Waals surface area contributed by atoms with Crippen LogP contribution in [0.1, 0.15) is 20.8 Å². The lowest BCUT2D eigenvalue weighted by molar-refractivity contribution is -0.133. The number of carboxylic acid groups (broad SMARTS) is 1. The molecule has 0 radical (unpaired) electrons. The van der Waals surface area contributed by atoms with Crippen LogP contribution in [0, 0.1) is 0 Å². The van der Waals surface area contributed by atoms with Crippen molar-refractivity contribution in [3.63, 3.8) is 0 Å². The van der Waals surface area contributed by atoms with Crippen LogP contribution in [0.15, 0.2) is 11.6 Å². The lowest BCUT2D eigenvalue weighted by Crippen LogP contribution is -2.37. The summed E-state index contributed by atoms with van der Waals surface area (Å²) in [6, 6.07) is 0. The lowest BCUT2D eigenvalue weighted by atomic mass is 9.95. The molecule has 0 unspecified atom stereocenters. The zero-order chi connectivity index (χ0) is 8.36. The summed E-state index contributed by atoms with van der Waals surface area (Å²) in [4.78, 5) is 10.4. The van der Waals surface area contributed by atoms with Crippen molar-refractivity contribution >= 4 is 5.97 Å². The number of hydrogen-bond acceptors (Lipinski definition) is 2. The SMILES string of the molecule is C/C=C(/C(=O)O)C(C)(C)N. The standard InChI is InChI=1S/C7H13NO2/c1-4-5(6(9)10)7(2,3)8/h4H,8H2,1-3H3,(H,9,10)/b5-4-. The summed E-state index contributed by atoms with van der Waals surface area (Å²) in [5.41, 5.74) is 5.04. The highest BCUT2D eigenvalue weighted by atomic mass is 16.4. The van der Waals surface area contributed by atoms with Gasteiger partial charge in [0.1, 0.15) is 0 Å². The summed E-state index contributed by atoms with van der Waals surface area (Å²) in [6.07, 6.45) is 1.52. The van der Waals surface area contributed by atoms with E-state index >= 15 is 0 Å². The largest absolute Gasteiger partial charge is 0.478 e. The number of carbonyl (C=O) groups is 1. The third-order valence-electron chi connectivity index (χ3n) is 1.21. The molecule has 0 amide bonds. The molecule has 0 saturated heterocycles. The predicted octanol–water partition coefficient (Wildman–Crippen LogP) is 0.755. The van der Waals surface area contributed by atoms with Crippen molar-refractivity contribution in [2.24, 2.45) is 5.73 Å². The van der Waals surface area contributed by atoms with E-state index in [2.05, 4.69) is 0 Å². The van der Waals surface area contributed by atoms with Crippen LogP contribution in [0.2, 0.25) is 0 Å². The maximum atomic E-state index is 10.4. The van der Waals surface area contributed by atoms with E-state index in [1.165, 1.54) is 6.08 Å². The summed E-state index contributed by atoms with van der Waals surface area (Å²) < 4.78 is 0. The van der Waals surface area contributed by atoms with Gasteiger partial charge in [-0.3, -0.25) is 0 Å². The molecule has 3 nitrogen and oxygen atoms in total. The van der Waals surface area contributed by atoms with Crippen molar-refractivity contribution in [2.75, 3.05) is 0 Å². The van der Waals surface area contributed by atoms with Crippen LogP contribution >= 0.6 is 0 Å². The molecule has 0 aromatic rings. The summed E-state index contributed by atoms with van der Waals surface area (Å²) in [7, 11) is 0. The van der Waals surface area contributed by atoms with Gasteiger partial charge in [-0.15, -0.1) is 0 Å². The van der Waals surface area contributed by atoms with E-state index in [-0.39, 0.29) is 5.57 Å². The Morgan fingerprint density at radius 2 is 2.00 bits per heavy atom. The Balaban J connectivity index is 4.56. The van der Waals surface area contributed by atoms with Crippen molar-refractivity contribution < 1.29 is 9.90 Å². The van der Waals surface area contributed by atoms with Crippen LogP contribution in [0.25, 0.3) is 0 Å². The molecule has 3 N–H and O–H groups in total. The zero-order valence-electron chi connectivity index (χ0n) is 6.51. The van der Waals surface area contributed by atoms with Gasteiger partial charge in [0.15, 0.2) is 0 Å². The van der Waals surface area contributed by atoms with Crippen LogP contribution in [0.5, 0.6) is 0 Å². The van der Waals surface area contributed by atoms with E-state index in [0.717, 1.165) is 0 Å². The van der Waals surface area contributed by atoms with Gasteiger partial charge in [-0.25, -0.2) is 4.79 Å². The van der Waals surface area contributed by atoms with Gasteiger partial charge >= 0.3 is 5.97 Å². The Labute approximate surface area is 60.5 Å². The molecule has 0 fully saturated rings. The summed E-state index contributed by atoms with van der Waals surface area (Å²) in [5.74, 6) is -0.949. The smallest absolute Gasteiger partial charge is 0.333 e. The van der Waals surface area contributed by atoms with Crippen molar-refractivity contribution in [3.05, 3.63) is 11.6 Å². The molecule has 0 aliphatic rings. The number of aliphatic carboxylic acids is 1. The molecular formula is C7H13NO2. The second kappa shape index (κ2) is 2.84. The van der Waals surface area contributed by atoms with Crippen LogP contribution in [0.4, 0.5) is 0 Å². The van der Waals surface area contributed by atoms with Crippen molar-refractivity contribution in [2.45, 2.75) is 26.3 Å². The van der Waals surface area contributed by atoms with Gasteiger partial charge in [0.25, 0.3) is 0 Å². The van der Waals surface area contributed by atoms with E-state index in [4.69, 9.17) is 10.8 Å². The van der Waals surface area contributed by atoms with E-state index in [1.54, 1.807) is 20.8 Å². The molecule has 0 bridgehead atoms. The molecule has 0 saturated carbocycles. The fourth-order valence-electron chi connectivity index (χ4n) is 0.771. The van der Waals surface area contributed by atoms with Gasteiger partial charge < -0.3 is 10.8 Å². The highest BCUT2D eigenvalue weighted by molar-refractivity contribution is 5.88. The van der Waals surface area contributed by atoms with Crippen LogP contribution < -0.4 is 5.73 Å². The number of hydrogen-bond donors (Lipinski definition) is 2. The van der Waals surface area contributed by atoms with Gasteiger partial charge in [-0.2, -0.15) is 0 Å². The summed E-state index contributed by atoms with van der Waals surface area (Å²) in [5, 5.41) is 8.56. The molecule has 0 heterocycles. The molecule has 0 aromatic heterocycles. The number of nitrogens with two attached hydrogens (primary N) is 1. The van der Waals surface area contributed by atoms with Crippen LogP contribution in [0.3, 0.4) is 0 Å². The number of allylic oxidation sites excluding steroid dienone is 1. The first kappa shape index (κ1) is 9.17. The Bertz CT molecular complexity index is 165. The topological polar surface area (TPSA) is 63.3 Å². The van der Waals surface area contributed by atoms with Gasteiger partial charge in [-0.1, -0.05) is 6.08 Å². The Kier molecular flexibility index (Phi) is 2.60. The monoisotopic (exact) mass is 143 g/mol. The predicted molar refractivity (Wildman–Crippen MR) is 39.7 cm³/mol. The number of carboxylic acids is 1. The molecule has 58 valence electrons. The molecule has 0 aliphatic heterocycles. The molecular weight excluding hydrogens is 130 g/mol. The molecule has 0 rings (SSSR count). The molecule has 0 aromatic carbocycles. The van der Waals surface area contributed by atoms with Gasteiger partial charge in [0.2, 0.25) is 0 Å². The van der Waals surface area contributed by atoms with Crippen LogP contribution in [-0.4, -0.2) is 16.6 Å². The van der Waals surface area contributed by atoms with Crippen molar-refractivity contribution in [3.8, 4) is 0 Å². The van der Waals surface area contributed by atoms with Gasteiger partial charge in [0, 0.05) is 5.54 Å². The van der Waals surface area contributed by atoms with E-state index in [9.17, 15) is 4.79 Å². The fraction of sp³-hybridized carbons (Fsp3) is 0.571. The minimum absolute atomic E-state index is 0.243. The molecule has 0 spiro atoms. The molecule has 10 heavy (non-hydrogen) atoms. The number of rotatable bonds is 2. The van der Waals surface area contributed by atoms with Gasteiger partial charge in [-0.05, 0) is 20.8 Å². The second-order valence-electron chi connectivity index (χ2n) is 2.73. The van der Waals surface area contributed by atoms with Crippen molar-refractivity contribution in [1.82, 2.24) is 0 Å². The first-order valence-electron chi connectivity index (χ1n) is 3.08. The van der Waals surface area contributed by atoms with E-state index in [0.29, 0.717) is 0 Å². The Hall–Kier alpha value is -0.830.